The van der Waals surface area contributed by atoms with Crippen LogP contribution in [-0.4, -0.2) is 24.5 Å². The van der Waals surface area contributed by atoms with Crippen molar-refractivity contribution in [3.63, 3.8) is 0 Å². The van der Waals surface area contributed by atoms with Crippen LogP contribution in [0.5, 0.6) is 0 Å². The van der Waals surface area contributed by atoms with E-state index in [1.54, 1.807) is 0 Å². The van der Waals surface area contributed by atoms with E-state index >= 15 is 0 Å². The average Bonchev–Trinajstić information content (AvgIpc) is 1.83. The standard InChI is InChI=1S/C7H15N/c1-4-7-8(5-2)6-3/h2-7H2,1H3. The molecule has 0 fully saturated rings. The zero-order valence-electron chi connectivity index (χ0n) is 5.69. The summed E-state index contributed by atoms with van der Waals surface area (Å²) in [5.74, 6) is 0. The Kier molecular flexibility index (Phi) is 5.08. The first kappa shape index (κ1) is 7.96. The first-order chi connectivity index (χ1) is 3.85. The summed E-state index contributed by atoms with van der Waals surface area (Å²) >= 11 is 0. The first-order valence-corrected chi connectivity index (χ1v) is 3.16. The number of rotatable bonds is 4. The van der Waals surface area contributed by atoms with Crippen LogP contribution in [0, 0.1) is 13.8 Å². The molecule has 0 bridgehead atoms. The molecule has 0 aliphatic carbocycles. The van der Waals surface area contributed by atoms with Crippen molar-refractivity contribution in [3.8, 4) is 0 Å². The quantitative estimate of drug-likeness (QED) is 0.532. The van der Waals surface area contributed by atoms with Crippen molar-refractivity contribution in [1.29, 1.82) is 0 Å². The second-order valence-corrected chi connectivity index (χ2v) is 1.84. The van der Waals surface area contributed by atoms with E-state index in [2.05, 4.69) is 25.7 Å². The lowest BCUT2D eigenvalue weighted by Crippen LogP contribution is -2.23. The minimum absolute atomic E-state index is 0.886. The molecule has 0 saturated heterocycles. The van der Waals surface area contributed by atoms with Crippen molar-refractivity contribution in [2.75, 3.05) is 19.6 Å². The predicted molar refractivity (Wildman–Crippen MR) is 37.4 cm³/mol. The molecule has 1 nitrogen and oxygen atoms in total. The normalized spacial score (nSPS) is 10.5. The summed E-state index contributed by atoms with van der Waals surface area (Å²) in [6, 6.07) is 0. The summed E-state index contributed by atoms with van der Waals surface area (Å²) in [4.78, 5) is 2.21. The van der Waals surface area contributed by atoms with Crippen molar-refractivity contribution in [2.45, 2.75) is 13.3 Å². The van der Waals surface area contributed by atoms with Crippen LogP contribution in [0.25, 0.3) is 0 Å². The van der Waals surface area contributed by atoms with Crippen molar-refractivity contribution in [2.24, 2.45) is 0 Å². The third kappa shape index (κ3) is 3.03. The molecular weight excluding hydrogens is 98.1 g/mol. The van der Waals surface area contributed by atoms with Gasteiger partial charge in [-0.1, -0.05) is 6.92 Å². The van der Waals surface area contributed by atoms with Crippen molar-refractivity contribution < 1.29 is 0 Å². The van der Waals surface area contributed by atoms with Gasteiger partial charge in [0.05, 0.1) is 0 Å². The van der Waals surface area contributed by atoms with Crippen LogP contribution in [0.15, 0.2) is 0 Å². The Bertz CT molecular complexity index is 39.7. The van der Waals surface area contributed by atoms with Gasteiger partial charge in [-0.3, -0.25) is 0 Å². The van der Waals surface area contributed by atoms with Gasteiger partial charge in [0.2, 0.25) is 0 Å². The Labute approximate surface area is 52.7 Å². The van der Waals surface area contributed by atoms with Crippen LogP contribution in [0.3, 0.4) is 0 Å². The second-order valence-electron chi connectivity index (χ2n) is 1.84. The fraction of sp³-hybridized carbons (Fsp3) is 0.714. The lowest BCUT2D eigenvalue weighted by Gasteiger charge is -2.15. The summed E-state index contributed by atoms with van der Waals surface area (Å²) in [5.41, 5.74) is 0. The molecule has 0 aliphatic heterocycles. The van der Waals surface area contributed by atoms with Crippen LogP contribution in [-0.2, 0) is 0 Å². The van der Waals surface area contributed by atoms with Gasteiger partial charge in [0, 0.05) is 0 Å². The zero-order valence-corrected chi connectivity index (χ0v) is 5.69. The van der Waals surface area contributed by atoms with Gasteiger partial charge in [-0.25, -0.2) is 0 Å². The molecule has 8 heavy (non-hydrogen) atoms. The van der Waals surface area contributed by atoms with E-state index in [0.29, 0.717) is 0 Å². The molecule has 48 valence electrons. The number of hydrogen-bond acceptors (Lipinski definition) is 1. The largest absolute Gasteiger partial charge is 0.303 e. The van der Waals surface area contributed by atoms with Crippen LogP contribution < -0.4 is 0 Å². The third-order valence-electron chi connectivity index (χ3n) is 1.17. The van der Waals surface area contributed by atoms with Gasteiger partial charge in [0.15, 0.2) is 0 Å². The van der Waals surface area contributed by atoms with E-state index in [1.807, 2.05) is 0 Å². The maximum Gasteiger partial charge on any atom is -0.00183 e. The Morgan fingerprint density at radius 2 is 1.75 bits per heavy atom. The third-order valence-corrected chi connectivity index (χ3v) is 1.17. The Morgan fingerprint density at radius 1 is 1.25 bits per heavy atom. The van der Waals surface area contributed by atoms with Gasteiger partial charge in [0.1, 0.15) is 0 Å². The molecule has 0 heterocycles. The lowest BCUT2D eigenvalue weighted by molar-refractivity contribution is 0.333. The Hall–Kier alpha value is -0.0400. The molecule has 0 aliphatic rings. The average molecular weight is 113 g/mol. The van der Waals surface area contributed by atoms with Crippen LogP contribution in [0.4, 0.5) is 0 Å². The molecular formula is C7H15N. The molecule has 0 aromatic heterocycles. The highest BCUT2D eigenvalue weighted by Crippen LogP contribution is 1.86. The summed E-state index contributed by atoms with van der Waals surface area (Å²) in [7, 11) is 0. The molecule has 0 rings (SSSR count). The smallest absolute Gasteiger partial charge is 0.00183 e. The molecule has 0 aromatic carbocycles. The summed E-state index contributed by atoms with van der Waals surface area (Å²) < 4.78 is 0. The summed E-state index contributed by atoms with van der Waals surface area (Å²) in [6.07, 6.45) is 1.20. The summed E-state index contributed by atoms with van der Waals surface area (Å²) in [6.45, 7) is 12.6. The molecule has 0 unspecified atom stereocenters. The maximum absolute atomic E-state index is 3.76. The lowest BCUT2D eigenvalue weighted by atomic mass is 10.4. The Balaban J connectivity index is 3.07. The van der Waals surface area contributed by atoms with Crippen LogP contribution in [0.1, 0.15) is 13.3 Å². The highest BCUT2D eigenvalue weighted by molar-refractivity contribution is 4.57. The van der Waals surface area contributed by atoms with Gasteiger partial charge in [-0.2, -0.15) is 0 Å². The highest BCUT2D eigenvalue weighted by Gasteiger charge is 1.92. The molecule has 1 heteroatoms. The van der Waals surface area contributed by atoms with Crippen molar-refractivity contribution >= 4 is 0 Å². The van der Waals surface area contributed by atoms with Crippen molar-refractivity contribution in [1.82, 2.24) is 4.90 Å². The topological polar surface area (TPSA) is 3.24 Å². The SMILES string of the molecule is [CH2]CN(C[CH2])CCC. The second kappa shape index (κ2) is 5.10. The van der Waals surface area contributed by atoms with Crippen LogP contribution >= 0.6 is 0 Å². The van der Waals surface area contributed by atoms with Crippen molar-refractivity contribution in [3.05, 3.63) is 13.8 Å². The van der Waals surface area contributed by atoms with E-state index < -0.39 is 0 Å². The molecule has 0 N–H and O–H groups in total. The fourth-order valence-electron chi connectivity index (χ4n) is 0.652. The molecule has 0 aromatic rings. The van der Waals surface area contributed by atoms with Gasteiger partial charge in [-0.05, 0) is 39.9 Å². The predicted octanol–water partition coefficient (Wildman–Crippen LogP) is 1.37. The van der Waals surface area contributed by atoms with Gasteiger partial charge in [0.25, 0.3) is 0 Å². The van der Waals surface area contributed by atoms with E-state index in [1.165, 1.54) is 6.42 Å². The van der Waals surface area contributed by atoms with Crippen LogP contribution in [0.2, 0.25) is 0 Å². The highest BCUT2D eigenvalue weighted by atomic mass is 15.1. The molecule has 0 atom stereocenters. The van der Waals surface area contributed by atoms with Gasteiger partial charge >= 0.3 is 0 Å². The first-order valence-electron chi connectivity index (χ1n) is 3.16. The van der Waals surface area contributed by atoms with E-state index in [0.717, 1.165) is 19.6 Å². The van der Waals surface area contributed by atoms with Gasteiger partial charge in [-0.15, -0.1) is 0 Å². The molecule has 2 radical (unpaired) electrons. The molecule has 0 amide bonds. The number of hydrogen-bond donors (Lipinski definition) is 0. The molecule has 0 spiro atoms. The van der Waals surface area contributed by atoms with E-state index in [-0.39, 0.29) is 0 Å². The Morgan fingerprint density at radius 3 is 1.88 bits per heavy atom. The number of nitrogens with zero attached hydrogens (tertiary/aromatic N) is 1. The minimum atomic E-state index is 0.886. The molecule has 0 saturated carbocycles. The van der Waals surface area contributed by atoms with Gasteiger partial charge < -0.3 is 4.90 Å². The van der Waals surface area contributed by atoms with E-state index in [9.17, 15) is 0 Å². The maximum atomic E-state index is 3.76. The van der Waals surface area contributed by atoms with E-state index in [4.69, 9.17) is 0 Å². The minimum Gasteiger partial charge on any atom is -0.303 e. The monoisotopic (exact) mass is 113 g/mol. The fourth-order valence-corrected chi connectivity index (χ4v) is 0.652. The summed E-state index contributed by atoms with van der Waals surface area (Å²) in [5, 5.41) is 0. The zero-order chi connectivity index (χ0) is 6.41.